The lowest BCUT2D eigenvalue weighted by atomic mass is 9.94. The van der Waals surface area contributed by atoms with Crippen LogP contribution in [-0.2, 0) is 0 Å². The minimum atomic E-state index is -4.07. The molecule has 0 aromatic heterocycles. The minimum Gasteiger partial charge on any atom is -0.330 e. The molecule has 0 amide bonds. The zero-order chi connectivity index (χ0) is 14.0. The first-order chi connectivity index (χ1) is 8.39. The maximum absolute atomic E-state index is 12.1. The molecule has 0 spiro atoms. The SMILES string of the molecule is CCCC(CCN)CCCNC(C)CC(F)(F)F. The number of rotatable bonds is 10. The molecular formula is C13H27F3N2. The Balaban J connectivity index is 3.64. The Morgan fingerprint density at radius 3 is 2.33 bits per heavy atom. The van der Waals surface area contributed by atoms with Gasteiger partial charge in [-0.25, -0.2) is 0 Å². The summed E-state index contributed by atoms with van der Waals surface area (Å²) in [6, 6.07) is -0.496. The van der Waals surface area contributed by atoms with Gasteiger partial charge in [0, 0.05) is 6.04 Å². The van der Waals surface area contributed by atoms with Gasteiger partial charge in [0.05, 0.1) is 6.42 Å². The number of halogens is 3. The molecule has 0 aliphatic heterocycles. The fraction of sp³-hybridized carbons (Fsp3) is 1.00. The molecule has 18 heavy (non-hydrogen) atoms. The van der Waals surface area contributed by atoms with Crippen molar-refractivity contribution < 1.29 is 13.2 Å². The molecule has 0 bridgehead atoms. The van der Waals surface area contributed by atoms with E-state index in [4.69, 9.17) is 5.73 Å². The van der Waals surface area contributed by atoms with Crippen molar-refractivity contribution in [2.24, 2.45) is 11.7 Å². The van der Waals surface area contributed by atoms with Crippen LogP contribution in [0.5, 0.6) is 0 Å². The molecule has 2 atom stereocenters. The van der Waals surface area contributed by atoms with Gasteiger partial charge in [-0.3, -0.25) is 0 Å². The van der Waals surface area contributed by atoms with Crippen LogP contribution in [0.4, 0.5) is 13.2 Å². The van der Waals surface area contributed by atoms with Crippen molar-refractivity contribution in [3.8, 4) is 0 Å². The van der Waals surface area contributed by atoms with Crippen LogP contribution in [-0.4, -0.2) is 25.3 Å². The zero-order valence-electron chi connectivity index (χ0n) is 11.5. The molecule has 0 aromatic carbocycles. The fourth-order valence-electron chi connectivity index (χ4n) is 2.24. The Morgan fingerprint density at radius 1 is 1.17 bits per heavy atom. The number of nitrogens with two attached hydrogens (primary N) is 1. The molecule has 3 N–H and O–H groups in total. The van der Waals surface area contributed by atoms with E-state index in [2.05, 4.69) is 12.2 Å². The van der Waals surface area contributed by atoms with Crippen molar-refractivity contribution in [3.63, 3.8) is 0 Å². The lowest BCUT2D eigenvalue weighted by Gasteiger charge is -2.18. The summed E-state index contributed by atoms with van der Waals surface area (Å²) in [5.41, 5.74) is 5.54. The summed E-state index contributed by atoms with van der Waals surface area (Å²) in [6.45, 7) is 5.08. The van der Waals surface area contributed by atoms with Gasteiger partial charge in [-0.15, -0.1) is 0 Å². The van der Waals surface area contributed by atoms with Crippen molar-refractivity contribution in [2.45, 2.75) is 64.6 Å². The molecule has 0 aliphatic carbocycles. The average Bonchev–Trinajstić information content (AvgIpc) is 2.22. The van der Waals surface area contributed by atoms with E-state index in [-0.39, 0.29) is 0 Å². The first kappa shape index (κ1) is 17.7. The molecular weight excluding hydrogens is 241 g/mol. The van der Waals surface area contributed by atoms with Crippen LogP contribution in [0.2, 0.25) is 0 Å². The molecule has 0 rings (SSSR count). The van der Waals surface area contributed by atoms with Gasteiger partial charge in [0.2, 0.25) is 0 Å². The third-order valence-corrected chi connectivity index (χ3v) is 3.09. The lowest BCUT2D eigenvalue weighted by Crippen LogP contribution is -2.32. The Morgan fingerprint density at radius 2 is 1.83 bits per heavy atom. The summed E-state index contributed by atoms with van der Waals surface area (Å²) >= 11 is 0. The van der Waals surface area contributed by atoms with Gasteiger partial charge < -0.3 is 11.1 Å². The highest BCUT2D eigenvalue weighted by molar-refractivity contribution is 4.67. The standard InChI is InChI=1S/C13H27F3N2/c1-3-5-12(7-8-17)6-4-9-18-11(2)10-13(14,15)16/h11-12,18H,3-10,17H2,1-2H3. The second-order valence-corrected chi connectivity index (χ2v) is 5.05. The molecule has 0 radical (unpaired) electrons. The Labute approximate surface area is 109 Å². The van der Waals surface area contributed by atoms with Crippen LogP contribution >= 0.6 is 0 Å². The van der Waals surface area contributed by atoms with E-state index in [1.807, 2.05) is 0 Å². The molecule has 110 valence electrons. The fourth-order valence-corrected chi connectivity index (χ4v) is 2.24. The molecule has 0 heterocycles. The van der Waals surface area contributed by atoms with Crippen molar-refractivity contribution in [1.82, 2.24) is 5.32 Å². The van der Waals surface area contributed by atoms with Gasteiger partial charge >= 0.3 is 6.18 Å². The molecule has 0 saturated heterocycles. The second-order valence-electron chi connectivity index (χ2n) is 5.05. The first-order valence-electron chi connectivity index (χ1n) is 6.89. The summed E-state index contributed by atoms with van der Waals surface area (Å²) in [5, 5.41) is 2.93. The topological polar surface area (TPSA) is 38.0 Å². The van der Waals surface area contributed by atoms with E-state index in [1.54, 1.807) is 6.92 Å². The largest absolute Gasteiger partial charge is 0.390 e. The van der Waals surface area contributed by atoms with Gasteiger partial charge in [-0.1, -0.05) is 19.8 Å². The van der Waals surface area contributed by atoms with E-state index in [1.165, 1.54) is 0 Å². The van der Waals surface area contributed by atoms with Gasteiger partial charge in [0.15, 0.2) is 0 Å². The maximum Gasteiger partial charge on any atom is 0.390 e. The quantitative estimate of drug-likeness (QED) is 0.595. The molecule has 0 aliphatic rings. The zero-order valence-corrected chi connectivity index (χ0v) is 11.5. The summed E-state index contributed by atoms with van der Waals surface area (Å²) in [7, 11) is 0. The molecule has 2 unspecified atom stereocenters. The van der Waals surface area contributed by atoms with Crippen LogP contribution in [0.15, 0.2) is 0 Å². The van der Waals surface area contributed by atoms with Gasteiger partial charge in [-0.05, 0) is 45.2 Å². The van der Waals surface area contributed by atoms with Crippen molar-refractivity contribution >= 4 is 0 Å². The van der Waals surface area contributed by atoms with E-state index in [0.29, 0.717) is 19.0 Å². The van der Waals surface area contributed by atoms with Crippen molar-refractivity contribution in [2.75, 3.05) is 13.1 Å². The smallest absolute Gasteiger partial charge is 0.330 e. The number of nitrogens with one attached hydrogen (secondary N) is 1. The lowest BCUT2D eigenvalue weighted by molar-refractivity contribution is -0.139. The Kier molecular flexibility index (Phi) is 9.46. The Hall–Kier alpha value is -0.290. The normalized spacial score (nSPS) is 15.7. The van der Waals surface area contributed by atoms with Crippen molar-refractivity contribution in [3.05, 3.63) is 0 Å². The van der Waals surface area contributed by atoms with Gasteiger partial charge in [0.1, 0.15) is 0 Å². The van der Waals surface area contributed by atoms with Crippen LogP contribution in [0, 0.1) is 5.92 Å². The molecule has 0 saturated carbocycles. The third-order valence-electron chi connectivity index (χ3n) is 3.09. The van der Waals surface area contributed by atoms with Crippen LogP contribution in [0.1, 0.15) is 52.4 Å². The summed E-state index contributed by atoms with van der Waals surface area (Å²) in [6.07, 6.45) is 0.471. The van der Waals surface area contributed by atoms with E-state index < -0.39 is 18.6 Å². The van der Waals surface area contributed by atoms with Crippen LogP contribution < -0.4 is 11.1 Å². The number of hydrogen-bond acceptors (Lipinski definition) is 2. The van der Waals surface area contributed by atoms with E-state index in [0.717, 1.165) is 32.1 Å². The second kappa shape index (κ2) is 9.62. The average molecular weight is 268 g/mol. The van der Waals surface area contributed by atoms with Crippen LogP contribution in [0.3, 0.4) is 0 Å². The van der Waals surface area contributed by atoms with Crippen LogP contribution in [0.25, 0.3) is 0 Å². The van der Waals surface area contributed by atoms with Gasteiger partial charge in [0.25, 0.3) is 0 Å². The van der Waals surface area contributed by atoms with E-state index >= 15 is 0 Å². The first-order valence-corrected chi connectivity index (χ1v) is 6.89. The van der Waals surface area contributed by atoms with Crippen molar-refractivity contribution in [1.29, 1.82) is 0 Å². The monoisotopic (exact) mass is 268 g/mol. The predicted octanol–water partition coefficient (Wildman–Crippen LogP) is 3.46. The Bertz CT molecular complexity index is 189. The summed E-state index contributed by atoms with van der Waals surface area (Å²) in [5.74, 6) is 0.625. The number of alkyl halides is 3. The molecule has 5 heteroatoms. The third kappa shape index (κ3) is 10.8. The highest BCUT2D eigenvalue weighted by Gasteiger charge is 2.29. The summed E-state index contributed by atoms with van der Waals surface area (Å²) in [4.78, 5) is 0. The summed E-state index contributed by atoms with van der Waals surface area (Å²) < 4.78 is 36.3. The van der Waals surface area contributed by atoms with Gasteiger partial charge in [-0.2, -0.15) is 13.2 Å². The highest BCUT2D eigenvalue weighted by atomic mass is 19.4. The highest BCUT2D eigenvalue weighted by Crippen LogP contribution is 2.21. The molecule has 0 fully saturated rings. The van der Waals surface area contributed by atoms with E-state index in [9.17, 15) is 13.2 Å². The maximum atomic E-state index is 12.1. The minimum absolute atomic E-state index is 0.496. The predicted molar refractivity (Wildman–Crippen MR) is 69.4 cm³/mol. The number of hydrogen-bond donors (Lipinski definition) is 2. The molecule has 2 nitrogen and oxygen atoms in total. The molecule has 0 aromatic rings.